The Hall–Kier alpha value is -2.62. The van der Waals surface area contributed by atoms with Gasteiger partial charge in [-0.2, -0.15) is 0 Å². The summed E-state index contributed by atoms with van der Waals surface area (Å²) in [5, 5.41) is 0. The monoisotopic (exact) mass is 440 g/mol. The fraction of sp³-hybridized carbons (Fsp3) is 0.550. The summed E-state index contributed by atoms with van der Waals surface area (Å²) in [5.74, 6) is -1.20. The molecule has 0 saturated carbocycles. The second-order valence-corrected chi connectivity index (χ2v) is 9.35. The second kappa shape index (κ2) is 10.4. The van der Waals surface area contributed by atoms with Crippen LogP contribution < -0.4 is 4.90 Å². The van der Waals surface area contributed by atoms with Crippen molar-refractivity contribution in [3.8, 4) is 0 Å². The topological polar surface area (TPSA) is 110 Å². The number of carbonyl (C=O) groups is 3. The number of unbranched alkanes of at least 4 members (excludes halogenated alkanes) is 1. The number of ether oxygens (including phenoxy) is 2. The number of hydrogen-bond donors (Lipinski definition) is 0. The fourth-order valence-corrected chi connectivity index (χ4v) is 5.05. The van der Waals surface area contributed by atoms with Gasteiger partial charge in [0.1, 0.15) is 0 Å². The van der Waals surface area contributed by atoms with E-state index in [2.05, 4.69) is 4.74 Å². The van der Waals surface area contributed by atoms with Crippen LogP contribution in [-0.2, 0) is 24.1 Å². The molecule has 2 amide bonds. The molecule has 1 saturated heterocycles. The summed E-state index contributed by atoms with van der Waals surface area (Å²) in [6.07, 6.45) is 1.30. The van der Waals surface area contributed by atoms with Crippen LogP contribution in [0.1, 0.15) is 36.5 Å². The molecule has 2 rings (SSSR count). The quantitative estimate of drug-likeness (QED) is 0.568. The van der Waals surface area contributed by atoms with Gasteiger partial charge < -0.3 is 14.4 Å². The van der Waals surface area contributed by atoms with Crippen LogP contribution in [0.4, 0.5) is 10.5 Å². The van der Waals surface area contributed by atoms with Gasteiger partial charge in [0.05, 0.1) is 29.9 Å². The third-order valence-electron chi connectivity index (χ3n) is 4.98. The predicted octanol–water partition coefficient (Wildman–Crippen LogP) is 1.86. The van der Waals surface area contributed by atoms with Crippen molar-refractivity contribution in [1.82, 2.24) is 4.90 Å². The second-order valence-electron chi connectivity index (χ2n) is 7.12. The zero-order valence-corrected chi connectivity index (χ0v) is 18.3. The Balaban J connectivity index is 2.08. The molecule has 1 aliphatic rings. The number of amides is 2. The Labute approximate surface area is 176 Å². The molecule has 10 heteroatoms. The number of hydrogen-bond acceptors (Lipinski definition) is 7. The van der Waals surface area contributed by atoms with Gasteiger partial charge in [-0.3, -0.25) is 9.69 Å². The molecule has 1 aliphatic heterocycles. The number of sulfone groups is 1. The molecule has 0 spiro atoms. The van der Waals surface area contributed by atoms with E-state index < -0.39 is 40.5 Å². The maximum atomic E-state index is 12.7. The molecule has 166 valence electrons. The van der Waals surface area contributed by atoms with Gasteiger partial charge >= 0.3 is 12.1 Å². The average molecular weight is 441 g/mol. The molecule has 0 radical (unpaired) electrons. The Kier molecular flexibility index (Phi) is 8.22. The molecule has 0 bridgehead atoms. The lowest BCUT2D eigenvalue weighted by molar-refractivity contribution is -0.136. The van der Waals surface area contributed by atoms with E-state index in [-0.39, 0.29) is 22.8 Å². The highest BCUT2D eigenvalue weighted by atomic mass is 32.2. The summed E-state index contributed by atoms with van der Waals surface area (Å²) in [6.45, 7) is 1.88. The van der Waals surface area contributed by atoms with Crippen LogP contribution in [0.2, 0.25) is 0 Å². The van der Waals surface area contributed by atoms with E-state index >= 15 is 0 Å². The minimum Gasteiger partial charge on any atom is -0.452 e. The Morgan fingerprint density at radius 2 is 1.90 bits per heavy atom. The molecule has 0 aromatic heterocycles. The molecule has 9 nitrogen and oxygen atoms in total. The van der Waals surface area contributed by atoms with Crippen LogP contribution in [0, 0.1) is 0 Å². The average Bonchev–Trinajstić information content (AvgIpc) is 3.10. The number of esters is 1. The van der Waals surface area contributed by atoms with Crippen LogP contribution in [0.25, 0.3) is 0 Å². The number of rotatable bonds is 8. The molecule has 1 unspecified atom stereocenters. The lowest BCUT2D eigenvalue weighted by Crippen LogP contribution is -2.44. The highest BCUT2D eigenvalue weighted by molar-refractivity contribution is 7.91. The van der Waals surface area contributed by atoms with Crippen molar-refractivity contribution in [3.63, 3.8) is 0 Å². The van der Waals surface area contributed by atoms with Crippen molar-refractivity contribution < 1.29 is 32.3 Å². The van der Waals surface area contributed by atoms with Gasteiger partial charge in [-0.05, 0) is 25.0 Å². The first-order valence-electron chi connectivity index (χ1n) is 9.78. The lowest BCUT2D eigenvalue weighted by Gasteiger charge is -2.28. The van der Waals surface area contributed by atoms with Crippen LogP contribution in [0.5, 0.6) is 0 Å². The van der Waals surface area contributed by atoms with Crippen molar-refractivity contribution >= 4 is 33.5 Å². The smallest absolute Gasteiger partial charge is 0.413 e. The van der Waals surface area contributed by atoms with E-state index in [1.807, 2.05) is 6.92 Å². The minimum atomic E-state index is -3.15. The summed E-state index contributed by atoms with van der Waals surface area (Å²) in [4.78, 5) is 39.8. The van der Waals surface area contributed by atoms with Crippen molar-refractivity contribution in [2.24, 2.45) is 0 Å². The van der Waals surface area contributed by atoms with Crippen molar-refractivity contribution in [2.45, 2.75) is 32.2 Å². The summed E-state index contributed by atoms with van der Waals surface area (Å²) in [7, 11) is -0.467. The molecular weight excluding hydrogens is 412 g/mol. The zero-order chi connectivity index (χ0) is 22.3. The molecule has 0 N–H and O–H groups in total. The maximum absolute atomic E-state index is 12.7. The van der Waals surface area contributed by atoms with Gasteiger partial charge in [0.25, 0.3) is 5.91 Å². The summed E-state index contributed by atoms with van der Waals surface area (Å²) >= 11 is 0. The van der Waals surface area contributed by atoms with Gasteiger partial charge in [0.15, 0.2) is 16.4 Å². The van der Waals surface area contributed by atoms with Gasteiger partial charge in [0.2, 0.25) is 0 Å². The molecule has 30 heavy (non-hydrogen) atoms. The van der Waals surface area contributed by atoms with Crippen molar-refractivity contribution in [1.29, 1.82) is 0 Å². The maximum Gasteiger partial charge on any atom is 0.413 e. The third-order valence-corrected chi connectivity index (χ3v) is 6.73. The van der Waals surface area contributed by atoms with Gasteiger partial charge in [-0.25, -0.2) is 18.0 Å². The molecule has 1 fully saturated rings. The molecule has 1 atom stereocenters. The summed E-state index contributed by atoms with van der Waals surface area (Å²) in [6, 6.07) is 5.92. The molecular formula is C20H28N2O7S. The SMILES string of the molecule is CCCCN(C(=O)COC(=O)c1ccccc1N(C)C(=O)OC)C1CCS(=O)(=O)C1. The molecule has 0 aliphatic carbocycles. The number of nitrogens with zero attached hydrogens (tertiary/aromatic N) is 2. The first kappa shape index (κ1) is 23.7. The Morgan fingerprint density at radius 1 is 1.20 bits per heavy atom. The van der Waals surface area contributed by atoms with E-state index in [4.69, 9.17) is 4.74 Å². The van der Waals surface area contributed by atoms with Crippen LogP contribution >= 0.6 is 0 Å². The zero-order valence-electron chi connectivity index (χ0n) is 17.5. The van der Waals surface area contributed by atoms with Gasteiger partial charge in [-0.1, -0.05) is 25.5 Å². The molecule has 1 aromatic carbocycles. The number of methoxy groups -OCH3 is 1. The highest BCUT2D eigenvalue weighted by Crippen LogP contribution is 2.22. The standard InChI is InChI=1S/C20H28N2O7S/c1-4-5-11-22(15-10-12-30(26,27)14-15)18(23)13-29-19(24)16-8-6-7-9-17(16)21(2)20(25)28-3/h6-9,15H,4-5,10-14H2,1-3H3. The van der Waals surface area contributed by atoms with Crippen molar-refractivity contribution in [3.05, 3.63) is 29.8 Å². The predicted molar refractivity (Wildman–Crippen MR) is 111 cm³/mol. The largest absolute Gasteiger partial charge is 0.452 e. The lowest BCUT2D eigenvalue weighted by atomic mass is 10.1. The number of carbonyl (C=O) groups excluding carboxylic acids is 3. The van der Waals surface area contributed by atoms with E-state index in [0.29, 0.717) is 13.0 Å². The van der Waals surface area contributed by atoms with E-state index in [0.717, 1.165) is 17.7 Å². The minimum absolute atomic E-state index is 0.0561. The highest BCUT2D eigenvalue weighted by Gasteiger charge is 2.34. The van der Waals surface area contributed by atoms with Crippen molar-refractivity contribution in [2.75, 3.05) is 43.7 Å². The van der Waals surface area contributed by atoms with Gasteiger partial charge in [0, 0.05) is 19.6 Å². The van der Waals surface area contributed by atoms with Gasteiger partial charge in [-0.15, -0.1) is 0 Å². The first-order valence-corrected chi connectivity index (χ1v) is 11.6. The molecule has 1 heterocycles. The summed E-state index contributed by atoms with van der Waals surface area (Å²) < 4.78 is 33.5. The number of benzene rings is 1. The number of para-hydroxylation sites is 1. The van der Waals surface area contributed by atoms with E-state index in [9.17, 15) is 22.8 Å². The van der Waals surface area contributed by atoms with Crippen LogP contribution in [0.15, 0.2) is 24.3 Å². The van der Waals surface area contributed by atoms with Crippen LogP contribution in [-0.4, -0.2) is 76.1 Å². The first-order chi connectivity index (χ1) is 14.2. The summed E-state index contributed by atoms with van der Waals surface area (Å²) in [5.41, 5.74) is 0.397. The van der Waals surface area contributed by atoms with E-state index in [1.165, 1.54) is 25.1 Å². The van der Waals surface area contributed by atoms with Crippen LogP contribution in [0.3, 0.4) is 0 Å². The van der Waals surface area contributed by atoms with E-state index in [1.54, 1.807) is 18.2 Å². The Bertz CT molecular complexity index is 885. The number of anilines is 1. The molecule has 1 aromatic rings. The normalized spacial score (nSPS) is 17.2. The fourth-order valence-electron chi connectivity index (χ4n) is 3.32. The third kappa shape index (κ3) is 5.94. The Morgan fingerprint density at radius 3 is 2.50 bits per heavy atom.